The lowest BCUT2D eigenvalue weighted by Crippen LogP contribution is -2.35. The molecular weight excluding hydrogens is 231 g/mol. The van der Waals surface area contributed by atoms with Crippen molar-refractivity contribution in [1.82, 2.24) is 0 Å². The summed E-state index contributed by atoms with van der Waals surface area (Å²) in [5, 5.41) is 10.7. The Kier molecular flexibility index (Phi) is 3.74. The fourth-order valence-corrected chi connectivity index (χ4v) is 3.06. The molecule has 1 aliphatic carbocycles. The van der Waals surface area contributed by atoms with Gasteiger partial charge in [-0.3, -0.25) is 0 Å². The van der Waals surface area contributed by atoms with Crippen LogP contribution in [-0.2, 0) is 10.3 Å². The zero-order valence-corrected chi connectivity index (χ0v) is 11.3. The summed E-state index contributed by atoms with van der Waals surface area (Å²) in [4.78, 5) is 0. The molecule has 0 aromatic heterocycles. The molecule has 0 bridgehead atoms. The second kappa shape index (κ2) is 4.98. The third kappa shape index (κ3) is 2.43. The Hall–Kier alpha value is -0.930. The van der Waals surface area contributed by atoms with Gasteiger partial charge in [-0.1, -0.05) is 6.07 Å². The van der Waals surface area contributed by atoms with E-state index in [1.165, 1.54) is 6.07 Å². The summed E-state index contributed by atoms with van der Waals surface area (Å²) < 4.78 is 19.4. The van der Waals surface area contributed by atoms with E-state index in [9.17, 15) is 9.50 Å². The quantitative estimate of drug-likeness (QED) is 0.875. The van der Waals surface area contributed by atoms with Crippen molar-refractivity contribution >= 4 is 0 Å². The number of aryl methyl sites for hydroxylation is 2. The van der Waals surface area contributed by atoms with E-state index >= 15 is 0 Å². The van der Waals surface area contributed by atoms with Crippen LogP contribution >= 0.6 is 0 Å². The highest BCUT2D eigenvalue weighted by Crippen LogP contribution is 2.40. The Labute approximate surface area is 108 Å². The van der Waals surface area contributed by atoms with Crippen LogP contribution in [0.1, 0.15) is 42.4 Å². The third-order valence-electron chi connectivity index (χ3n) is 3.99. The van der Waals surface area contributed by atoms with Crippen LogP contribution in [0.4, 0.5) is 4.39 Å². The minimum absolute atomic E-state index is 0.194. The fourth-order valence-electron chi connectivity index (χ4n) is 3.06. The predicted molar refractivity (Wildman–Crippen MR) is 69.0 cm³/mol. The minimum Gasteiger partial charge on any atom is -0.385 e. The van der Waals surface area contributed by atoms with Gasteiger partial charge in [-0.15, -0.1) is 0 Å². The lowest BCUT2D eigenvalue weighted by Gasteiger charge is -2.37. The van der Waals surface area contributed by atoms with Gasteiger partial charge in [-0.2, -0.15) is 0 Å². The average molecular weight is 252 g/mol. The van der Waals surface area contributed by atoms with Crippen molar-refractivity contribution in [1.29, 1.82) is 0 Å². The molecule has 0 spiro atoms. The van der Waals surface area contributed by atoms with Gasteiger partial charge in [0.25, 0.3) is 0 Å². The molecule has 0 radical (unpaired) electrons. The Morgan fingerprint density at radius 3 is 2.39 bits per heavy atom. The smallest absolute Gasteiger partial charge is 0.129 e. The summed E-state index contributed by atoms with van der Waals surface area (Å²) in [5.41, 5.74) is 1.17. The number of ether oxygens (including phenoxy) is 1. The first-order valence-corrected chi connectivity index (χ1v) is 6.48. The Morgan fingerprint density at radius 2 is 1.89 bits per heavy atom. The lowest BCUT2D eigenvalue weighted by molar-refractivity contribution is -0.0497. The van der Waals surface area contributed by atoms with Gasteiger partial charge in [-0.25, -0.2) is 4.39 Å². The standard InChI is InChI=1S/C15H21FO2/c1-10-8-11(2)14(13(16)9-10)15(17)6-4-12(18-3)5-7-15/h8-9,12,17H,4-7H2,1-3H3. The van der Waals surface area contributed by atoms with Gasteiger partial charge in [0.05, 0.1) is 11.7 Å². The van der Waals surface area contributed by atoms with Crippen LogP contribution in [0.2, 0.25) is 0 Å². The molecule has 0 unspecified atom stereocenters. The monoisotopic (exact) mass is 252 g/mol. The molecule has 0 atom stereocenters. The normalized spacial score (nSPS) is 28.4. The highest BCUT2D eigenvalue weighted by molar-refractivity contribution is 5.36. The van der Waals surface area contributed by atoms with Crippen LogP contribution in [0.3, 0.4) is 0 Å². The molecule has 18 heavy (non-hydrogen) atoms. The van der Waals surface area contributed by atoms with Crippen molar-refractivity contribution in [2.24, 2.45) is 0 Å². The highest BCUT2D eigenvalue weighted by Gasteiger charge is 2.37. The SMILES string of the molecule is COC1CCC(O)(c2c(C)cc(C)cc2F)CC1. The van der Waals surface area contributed by atoms with Crippen molar-refractivity contribution in [3.8, 4) is 0 Å². The first kappa shape index (κ1) is 13.5. The largest absolute Gasteiger partial charge is 0.385 e. The van der Waals surface area contributed by atoms with E-state index in [0.717, 1.165) is 24.0 Å². The Bertz CT molecular complexity index is 411. The van der Waals surface area contributed by atoms with Crippen LogP contribution in [0.25, 0.3) is 0 Å². The minimum atomic E-state index is -1.03. The second-order valence-electron chi connectivity index (χ2n) is 5.41. The molecule has 1 aromatic carbocycles. The molecule has 100 valence electrons. The molecular formula is C15H21FO2. The molecule has 1 aromatic rings. The molecule has 2 rings (SSSR count). The molecule has 1 fully saturated rings. The Morgan fingerprint density at radius 1 is 1.28 bits per heavy atom. The third-order valence-corrected chi connectivity index (χ3v) is 3.99. The van der Waals surface area contributed by atoms with Gasteiger partial charge in [0.2, 0.25) is 0 Å². The molecule has 0 aliphatic heterocycles. The van der Waals surface area contributed by atoms with Gasteiger partial charge in [0, 0.05) is 12.7 Å². The number of hydrogen-bond acceptors (Lipinski definition) is 2. The number of methoxy groups -OCH3 is 1. The summed E-state index contributed by atoms with van der Waals surface area (Å²) >= 11 is 0. The van der Waals surface area contributed by atoms with Crippen molar-refractivity contribution in [2.45, 2.75) is 51.2 Å². The molecule has 1 saturated carbocycles. The fraction of sp³-hybridized carbons (Fsp3) is 0.600. The van der Waals surface area contributed by atoms with Crippen molar-refractivity contribution < 1.29 is 14.2 Å². The van der Waals surface area contributed by atoms with Gasteiger partial charge in [0.1, 0.15) is 5.82 Å². The van der Waals surface area contributed by atoms with E-state index in [0.29, 0.717) is 18.4 Å². The van der Waals surface area contributed by atoms with Crippen molar-refractivity contribution in [2.75, 3.05) is 7.11 Å². The van der Waals surface area contributed by atoms with Crippen LogP contribution in [0.15, 0.2) is 12.1 Å². The molecule has 1 aliphatic rings. The van der Waals surface area contributed by atoms with Gasteiger partial charge in [0.15, 0.2) is 0 Å². The number of aliphatic hydroxyl groups is 1. The summed E-state index contributed by atoms with van der Waals surface area (Å²) in [7, 11) is 1.69. The maximum absolute atomic E-state index is 14.1. The Balaban J connectivity index is 2.31. The van der Waals surface area contributed by atoms with E-state index in [4.69, 9.17) is 4.74 Å². The van der Waals surface area contributed by atoms with Gasteiger partial charge < -0.3 is 9.84 Å². The molecule has 0 saturated heterocycles. The second-order valence-corrected chi connectivity index (χ2v) is 5.41. The number of hydrogen-bond donors (Lipinski definition) is 1. The average Bonchev–Trinajstić information content (AvgIpc) is 2.28. The maximum Gasteiger partial charge on any atom is 0.129 e. The van der Waals surface area contributed by atoms with Crippen LogP contribution in [-0.4, -0.2) is 18.3 Å². The summed E-state index contributed by atoms with van der Waals surface area (Å²) in [5.74, 6) is -0.286. The topological polar surface area (TPSA) is 29.5 Å². The molecule has 0 amide bonds. The predicted octanol–water partition coefficient (Wildman–Crippen LogP) is 3.22. The van der Waals surface area contributed by atoms with Crippen LogP contribution < -0.4 is 0 Å². The number of halogens is 1. The van der Waals surface area contributed by atoms with Gasteiger partial charge in [-0.05, 0) is 56.7 Å². The van der Waals surface area contributed by atoms with E-state index in [-0.39, 0.29) is 11.9 Å². The zero-order valence-electron chi connectivity index (χ0n) is 11.3. The van der Waals surface area contributed by atoms with E-state index in [1.807, 2.05) is 19.9 Å². The first-order valence-electron chi connectivity index (χ1n) is 6.48. The summed E-state index contributed by atoms with van der Waals surface area (Å²) in [6, 6.07) is 3.43. The first-order chi connectivity index (χ1) is 8.46. The van der Waals surface area contributed by atoms with Gasteiger partial charge >= 0.3 is 0 Å². The number of rotatable bonds is 2. The molecule has 1 N–H and O–H groups in total. The lowest BCUT2D eigenvalue weighted by atomic mass is 9.76. The van der Waals surface area contributed by atoms with Crippen LogP contribution in [0, 0.1) is 19.7 Å². The van der Waals surface area contributed by atoms with Crippen LogP contribution in [0.5, 0.6) is 0 Å². The number of benzene rings is 1. The molecule has 0 heterocycles. The summed E-state index contributed by atoms with van der Waals surface area (Å²) in [6.45, 7) is 3.73. The molecule has 2 nitrogen and oxygen atoms in total. The van der Waals surface area contributed by atoms with Crippen molar-refractivity contribution in [3.63, 3.8) is 0 Å². The van der Waals surface area contributed by atoms with E-state index in [2.05, 4.69) is 0 Å². The summed E-state index contributed by atoms with van der Waals surface area (Å²) in [6.07, 6.45) is 2.87. The van der Waals surface area contributed by atoms with E-state index in [1.54, 1.807) is 7.11 Å². The van der Waals surface area contributed by atoms with E-state index < -0.39 is 5.60 Å². The molecule has 3 heteroatoms. The maximum atomic E-state index is 14.1. The van der Waals surface area contributed by atoms with Crippen molar-refractivity contribution in [3.05, 3.63) is 34.6 Å². The zero-order chi connectivity index (χ0) is 13.3. The highest BCUT2D eigenvalue weighted by atomic mass is 19.1.